The topological polar surface area (TPSA) is 170 Å². The van der Waals surface area contributed by atoms with Crippen molar-refractivity contribution in [2.45, 2.75) is 51.5 Å². The van der Waals surface area contributed by atoms with E-state index in [1.54, 1.807) is 13.8 Å². The lowest BCUT2D eigenvalue weighted by Gasteiger charge is -2.18. The Labute approximate surface area is 255 Å². The normalized spacial score (nSPS) is 11.0. The number of benzene rings is 2. The molecule has 3 rings (SSSR count). The summed E-state index contributed by atoms with van der Waals surface area (Å²) in [5.41, 5.74) is 5.41. The number of aliphatic hydroxyl groups is 1. The second-order valence-electron chi connectivity index (χ2n) is 9.19. The van der Waals surface area contributed by atoms with Crippen molar-refractivity contribution in [2.24, 2.45) is 0 Å². The summed E-state index contributed by atoms with van der Waals surface area (Å²) in [6.45, 7) is 2.68. The van der Waals surface area contributed by atoms with Gasteiger partial charge in [0.05, 0.1) is 12.6 Å². The Morgan fingerprint density at radius 3 is 2.25 bits per heavy atom. The first-order valence-electron chi connectivity index (χ1n) is 13.6. The monoisotopic (exact) mass is 603 g/mol. The van der Waals surface area contributed by atoms with Crippen LogP contribution in [-0.4, -0.2) is 54.2 Å². The Hall–Kier alpha value is -5.51. The maximum atomic E-state index is 12.3. The van der Waals surface area contributed by atoms with Crippen LogP contribution in [0.25, 0.3) is 11.1 Å². The van der Waals surface area contributed by atoms with Gasteiger partial charge in [-0.3, -0.25) is 4.84 Å². The summed E-state index contributed by atoms with van der Waals surface area (Å²) in [4.78, 5) is 36.2. The number of unbranched alkanes of at least 4 members (excludes halogenated alkanes) is 1. The van der Waals surface area contributed by atoms with E-state index in [4.69, 9.17) is 10.1 Å². The maximum absolute atomic E-state index is 12.3. The van der Waals surface area contributed by atoms with Gasteiger partial charge in [0, 0.05) is 23.5 Å². The molecule has 0 fully saturated rings. The van der Waals surface area contributed by atoms with Gasteiger partial charge in [-0.05, 0) is 67.2 Å². The third kappa shape index (κ3) is 12.6. The van der Waals surface area contributed by atoms with E-state index in [1.807, 2.05) is 30.4 Å². The molecule has 0 radical (unpaired) electrons. The van der Waals surface area contributed by atoms with Gasteiger partial charge in [0.25, 0.3) is 5.09 Å². The smallest absolute Gasteiger partial charge is 0.449 e. The molecule has 0 heterocycles. The summed E-state index contributed by atoms with van der Waals surface area (Å²) in [6, 6.07) is 16.1. The first kappa shape index (κ1) is 34.7. The van der Waals surface area contributed by atoms with Crippen LogP contribution in [-0.2, 0) is 19.0 Å². The Bertz CT molecular complexity index is 1440. The number of fused-ring (bicyclic) bond motifs is 3. The van der Waals surface area contributed by atoms with Crippen LogP contribution >= 0.6 is 0 Å². The van der Waals surface area contributed by atoms with Gasteiger partial charge in [0.1, 0.15) is 12.7 Å². The molecule has 12 nitrogen and oxygen atoms in total. The van der Waals surface area contributed by atoms with Gasteiger partial charge in [-0.1, -0.05) is 60.9 Å². The maximum Gasteiger partial charge on any atom is 0.524 e. The molecule has 2 aromatic carbocycles. The summed E-state index contributed by atoms with van der Waals surface area (Å²) in [6.07, 6.45) is 3.34. The number of nitrogens with one attached hydrogen (secondary N) is 2. The molecule has 1 aliphatic rings. The average Bonchev–Trinajstić information content (AvgIpc) is 3.33. The number of nitrogens with zero attached hydrogens (tertiary/aromatic N) is 1. The number of ether oxygens (including phenoxy) is 3. The highest BCUT2D eigenvalue weighted by Gasteiger charge is 2.29. The molecule has 0 bridgehead atoms. The summed E-state index contributed by atoms with van der Waals surface area (Å²) in [5.74, 6) is 11.7. The van der Waals surface area contributed by atoms with Crippen molar-refractivity contribution in [1.29, 1.82) is 5.41 Å². The molecule has 1 amide bonds. The van der Waals surface area contributed by atoms with Crippen LogP contribution in [0.1, 0.15) is 56.6 Å². The minimum absolute atomic E-state index is 0.0290. The third-order valence-corrected chi connectivity index (χ3v) is 6.07. The molecule has 44 heavy (non-hydrogen) atoms. The van der Waals surface area contributed by atoms with Gasteiger partial charge < -0.3 is 30.0 Å². The van der Waals surface area contributed by atoms with E-state index in [1.165, 1.54) is 22.3 Å². The molecule has 0 saturated carbocycles. The second-order valence-corrected chi connectivity index (χ2v) is 9.19. The zero-order valence-electron chi connectivity index (χ0n) is 24.4. The zero-order chi connectivity index (χ0) is 32.2. The zero-order valence-corrected chi connectivity index (χ0v) is 24.4. The molecule has 1 unspecified atom stereocenters. The van der Waals surface area contributed by atoms with Gasteiger partial charge in [0.15, 0.2) is 0 Å². The second kappa shape index (κ2) is 19.6. The number of carbonyl (C=O) groups excluding carboxylic acids is 2. The summed E-state index contributed by atoms with van der Waals surface area (Å²) in [7, 11) is 0. The Kier molecular flexibility index (Phi) is 15.4. The van der Waals surface area contributed by atoms with E-state index >= 15 is 0 Å². The first-order valence-corrected chi connectivity index (χ1v) is 13.6. The average molecular weight is 604 g/mol. The number of aliphatic hydroxyl groups excluding tert-OH is 1. The fraction of sp³-hybridized carbons (Fsp3) is 0.344. The van der Waals surface area contributed by atoms with E-state index < -0.39 is 24.1 Å². The van der Waals surface area contributed by atoms with Crippen LogP contribution in [0.4, 0.5) is 9.59 Å². The van der Waals surface area contributed by atoms with Crippen LogP contribution in [0.3, 0.4) is 0 Å². The van der Waals surface area contributed by atoms with Crippen LogP contribution in [0.2, 0.25) is 0 Å². The summed E-state index contributed by atoms with van der Waals surface area (Å²) < 4.78 is 13.7. The number of hydrogen-bond donors (Lipinski definition) is 3. The molecule has 1 aliphatic carbocycles. The molecule has 0 aromatic heterocycles. The van der Waals surface area contributed by atoms with Crippen LogP contribution < -0.4 is 5.32 Å². The van der Waals surface area contributed by atoms with E-state index in [0.717, 1.165) is 19.3 Å². The lowest BCUT2D eigenvalue weighted by atomic mass is 9.98. The number of carbonyl (C=O) groups is 2. The van der Waals surface area contributed by atoms with Gasteiger partial charge >= 0.3 is 12.2 Å². The predicted molar refractivity (Wildman–Crippen MR) is 160 cm³/mol. The van der Waals surface area contributed by atoms with Crippen molar-refractivity contribution in [1.82, 2.24) is 5.32 Å². The molecule has 0 aliphatic heterocycles. The van der Waals surface area contributed by atoms with Gasteiger partial charge in [0.2, 0.25) is 6.79 Å². The van der Waals surface area contributed by atoms with Gasteiger partial charge in [-0.25, -0.2) is 9.59 Å². The number of rotatable bonds is 12. The SMILES string of the molecule is CC#CC#CC#COC(=O)OCO[N+](=O)[O-].CC(=N)CCCCC(CO)NC(=O)OCC1c2ccccc2-c2ccccc21. The fourth-order valence-electron chi connectivity index (χ4n) is 4.16. The molecule has 3 N–H and O–H groups in total. The van der Waals surface area contributed by atoms with Crippen LogP contribution in [0, 0.1) is 51.2 Å². The van der Waals surface area contributed by atoms with Gasteiger partial charge in [-0.15, -0.1) is 10.1 Å². The van der Waals surface area contributed by atoms with E-state index in [0.29, 0.717) is 12.1 Å². The number of amides is 1. The molecule has 0 saturated heterocycles. The van der Waals surface area contributed by atoms with Crippen molar-refractivity contribution in [2.75, 3.05) is 20.0 Å². The summed E-state index contributed by atoms with van der Waals surface area (Å²) >= 11 is 0. The highest BCUT2D eigenvalue weighted by atomic mass is 17.0. The Morgan fingerprint density at radius 1 is 1.02 bits per heavy atom. The van der Waals surface area contributed by atoms with Crippen molar-refractivity contribution >= 4 is 18.0 Å². The molecular weight excluding hydrogens is 570 g/mol. The van der Waals surface area contributed by atoms with Gasteiger partial charge in [-0.2, -0.15) is 0 Å². The summed E-state index contributed by atoms with van der Waals surface area (Å²) in [5, 5.41) is 28.2. The highest BCUT2D eigenvalue weighted by Crippen LogP contribution is 2.44. The van der Waals surface area contributed by atoms with Crippen LogP contribution in [0.5, 0.6) is 0 Å². The predicted octanol–water partition coefficient (Wildman–Crippen LogP) is 4.78. The van der Waals surface area contributed by atoms with Crippen molar-refractivity contribution in [3.63, 3.8) is 0 Å². The largest absolute Gasteiger partial charge is 0.524 e. The molecule has 12 heteroatoms. The van der Waals surface area contributed by atoms with Crippen molar-refractivity contribution in [3.05, 3.63) is 69.8 Å². The minimum Gasteiger partial charge on any atom is -0.449 e. The third-order valence-electron chi connectivity index (χ3n) is 6.07. The highest BCUT2D eigenvalue weighted by molar-refractivity contribution is 5.79. The number of alkyl carbamates (subject to hydrolysis) is 1. The standard InChI is InChI=1S/C23H28N2O3.C9H5NO6/c1-16(24)8-2-3-9-17(14-26)25-23(27)28-15-22-20-12-6-4-10-18(20)19-11-5-7-13-21(19)22;1-2-3-4-5-6-7-14-9(11)15-8-16-10(12)13/h4-7,10-13,17,22,24,26H,2-3,8-9,14-15H2,1H3,(H,25,27);8H2,1H3. The van der Waals surface area contributed by atoms with E-state index in [9.17, 15) is 24.8 Å². The minimum atomic E-state index is -1.22. The fourth-order valence-corrected chi connectivity index (χ4v) is 4.16. The van der Waals surface area contributed by atoms with E-state index in [-0.39, 0.29) is 25.2 Å². The first-order chi connectivity index (χ1) is 21.3. The molecule has 2 aromatic rings. The Morgan fingerprint density at radius 2 is 1.66 bits per heavy atom. The lowest BCUT2D eigenvalue weighted by molar-refractivity contribution is -0.765. The molecule has 1 atom stereocenters. The number of hydrogen-bond acceptors (Lipinski definition) is 10. The molecular formula is C32H33N3O9. The van der Waals surface area contributed by atoms with Crippen molar-refractivity contribution < 1.29 is 38.8 Å². The molecule has 230 valence electrons. The lowest BCUT2D eigenvalue weighted by Crippen LogP contribution is -2.38. The van der Waals surface area contributed by atoms with E-state index in [2.05, 4.69) is 73.5 Å². The molecule has 0 spiro atoms. The van der Waals surface area contributed by atoms with Crippen LogP contribution in [0.15, 0.2) is 48.5 Å². The quantitative estimate of drug-likeness (QED) is 0.0588. The Balaban J connectivity index is 0.000000362. The van der Waals surface area contributed by atoms with Crippen molar-refractivity contribution in [3.8, 4) is 46.8 Å².